The van der Waals surface area contributed by atoms with Gasteiger partial charge in [-0.3, -0.25) is 9.47 Å². The fraction of sp³-hybridized carbons (Fsp3) is 0.600. The number of carboxylic acids is 1. The fourth-order valence-electron chi connectivity index (χ4n) is 5.68. The minimum atomic E-state index is -0.962. The van der Waals surface area contributed by atoms with Crippen molar-refractivity contribution in [1.82, 2.24) is 19.4 Å². The standard InChI is InChI=1S/C19H23N3OS.C11H19NO4/c1-12(2)22-16-10-6-9-14(17(16)21-19(22)23)18-20-15(11-24-18)13-7-4-3-5-8-13;1-7-5-6-12(8(7)9(13)14)10(15)16-11(2,3)4/h6,9-13H,3-5,7-8H2,1-2H3,(H,21,23);7-8H,5-6H2,1-4H3,(H,13,14). The topological polar surface area (TPSA) is 118 Å². The molecule has 3 heterocycles. The van der Waals surface area contributed by atoms with E-state index in [1.807, 2.05) is 37.5 Å². The third kappa shape index (κ3) is 6.59. The number of hydrogen-bond donors (Lipinski definition) is 2. The van der Waals surface area contributed by atoms with E-state index >= 15 is 0 Å². The average Bonchev–Trinajstić information content (AvgIpc) is 3.60. The van der Waals surface area contributed by atoms with Gasteiger partial charge in [-0.15, -0.1) is 11.3 Å². The predicted octanol–water partition coefficient (Wildman–Crippen LogP) is 6.80. The molecule has 1 saturated heterocycles. The zero-order valence-electron chi connectivity index (χ0n) is 24.4. The molecular weight excluding hydrogens is 528 g/mol. The number of para-hydroxylation sites is 1. The molecular formula is C30H42N4O5S. The van der Waals surface area contributed by atoms with Crippen LogP contribution in [0.4, 0.5) is 4.79 Å². The monoisotopic (exact) mass is 570 g/mol. The number of aliphatic carboxylic acids is 1. The molecule has 0 spiro atoms. The summed E-state index contributed by atoms with van der Waals surface area (Å²) in [5.74, 6) is -0.372. The van der Waals surface area contributed by atoms with Crippen molar-refractivity contribution < 1.29 is 19.4 Å². The molecule has 3 aromatic rings. The summed E-state index contributed by atoms with van der Waals surface area (Å²) in [6.45, 7) is 11.6. The van der Waals surface area contributed by atoms with Crippen LogP contribution in [0.3, 0.4) is 0 Å². The summed E-state index contributed by atoms with van der Waals surface area (Å²) < 4.78 is 6.99. The number of H-pyrrole nitrogens is 1. The number of aromatic nitrogens is 3. The third-order valence-electron chi connectivity index (χ3n) is 7.63. The smallest absolute Gasteiger partial charge is 0.411 e. The largest absolute Gasteiger partial charge is 0.480 e. The number of imidazole rings is 1. The number of carbonyl (C=O) groups excluding carboxylic acids is 1. The van der Waals surface area contributed by atoms with Gasteiger partial charge in [0.1, 0.15) is 16.7 Å². The van der Waals surface area contributed by atoms with Crippen LogP contribution in [0.5, 0.6) is 0 Å². The normalized spacial score (nSPS) is 20.0. The number of thiazole rings is 1. The number of likely N-dealkylation sites (tertiary alicyclic amines) is 1. The minimum absolute atomic E-state index is 0.0231. The Balaban J connectivity index is 0.000000202. The van der Waals surface area contributed by atoms with Gasteiger partial charge < -0.3 is 14.8 Å². The van der Waals surface area contributed by atoms with Gasteiger partial charge in [-0.05, 0) is 71.9 Å². The Hall–Kier alpha value is -3.14. The first-order valence-electron chi connectivity index (χ1n) is 14.3. The summed E-state index contributed by atoms with van der Waals surface area (Å²) in [7, 11) is 0. The maximum atomic E-state index is 12.3. The molecule has 0 bridgehead atoms. The molecule has 9 nitrogen and oxygen atoms in total. The fourth-order valence-corrected chi connectivity index (χ4v) is 6.62. The first kappa shape index (κ1) is 29.8. The maximum Gasteiger partial charge on any atom is 0.411 e. The van der Waals surface area contributed by atoms with E-state index in [0.717, 1.165) is 21.6 Å². The van der Waals surface area contributed by atoms with Gasteiger partial charge in [-0.25, -0.2) is 19.4 Å². The van der Waals surface area contributed by atoms with Gasteiger partial charge in [0.05, 0.1) is 16.7 Å². The maximum absolute atomic E-state index is 12.3. The lowest BCUT2D eigenvalue weighted by molar-refractivity contribution is -0.143. The minimum Gasteiger partial charge on any atom is -0.480 e. The third-order valence-corrected chi connectivity index (χ3v) is 8.52. The first-order valence-corrected chi connectivity index (χ1v) is 15.2. The summed E-state index contributed by atoms with van der Waals surface area (Å²) in [5.41, 5.74) is 3.50. The highest BCUT2D eigenvalue weighted by atomic mass is 32.1. The number of carboxylic acid groups (broad SMARTS) is 1. The van der Waals surface area contributed by atoms with Gasteiger partial charge in [0.15, 0.2) is 0 Å². The highest BCUT2D eigenvalue weighted by Gasteiger charge is 2.41. The van der Waals surface area contributed by atoms with E-state index in [0.29, 0.717) is 18.9 Å². The van der Waals surface area contributed by atoms with Crippen molar-refractivity contribution in [3.05, 3.63) is 39.8 Å². The second-order valence-electron chi connectivity index (χ2n) is 12.2. The van der Waals surface area contributed by atoms with Crippen LogP contribution in [0, 0.1) is 5.92 Å². The molecule has 2 N–H and O–H groups in total. The molecule has 2 aromatic heterocycles. The number of ether oxygens (including phenoxy) is 1. The number of nitrogens with zero attached hydrogens (tertiary/aromatic N) is 3. The van der Waals surface area contributed by atoms with Gasteiger partial charge in [0.25, 0.3) is 0 Å². The number of nitrogens with one attached hydrogen (secondary N) is 1. The Morgan fingerprint density at radius 2 is 1.85 bits per heavy atom. The highest BCUT2D eigenvalue weighted by Crippen LogP contribution is 2.36. The van der Waals surface area contributed by atoms with Crippen molar-refractivity contribution in [3.8, 4) is 10.6 Å². The number of carbonyl (C=O) groups is 2. The molecule has 1 aliphatic carbocycles. The van der Waals surface area contributed by atoms with E-state index in [1.54, 1.807) is 32.1 Å². The van der Waals surface area contributed by atoms with E-state index in [1.165, 1.54) is 42.7 Å². The van der Waals surface area contributed by atoms with E-state index in [-0.39, 0.29) is 17.6 Å². The summed E-state index contributed by atoms with van der Waals surface area (Å²) in [6, 6.07) is 5.47. The van der Waals surface area contributed by atoms with Gasteiger partial charge in [0.2, 0.25) is 0 Å². The van der Waals surface area contributed by atoms with Crippen LogP contribution in [0.1, 0.15) is 97.7 Å². The predicted molar refractivity (Wildman–Crippen MR) is 158 cm³/mol. The van der Waals surface area contributed by atoms with Crippen LogP contribution in [0.25, 0.3) is 21.6 Å². The Labute approximate surface area is 239 Å². The van der Waals surface area contributed by atoms with Crippen LogP contribution < -0.4 is 5.69 Å². The van der Waals surface area contributed by atoms with E-state index in [4.69, 9.17) is 14.8 Å². The van der Waals surface area contributed by atoms with Crippen molar-refractivity contribution in [1.29, 1.82) is 0 Å². The van der Waals surface area contributed by atoms with E-state index < -0.39 is 23.7 Å². The van der Waals surface area contributed by atoms with E-state index in [9.17, 15) is 14.4 Å². The molecule has 40 heavy (non-hydrogen) atoms. The number of benzene rings is 1. The van der Waals surface area contributed by atoms with Crippen LogP contribution >= 0.6 is 11.3 Å². The molecule has 1 amide bonds. The van der Waals surface area contributed by atoms with Crippen molar-refractivity contribution in [2.45, 2.75) is 104 Å². The summed E-state index contributed by atoms with van der Waals surface area (Å²) in [5, 5.41) is 12.3. The van der Waals surface area contributed by atoms with Crippen molar-refractivity contribution >= 4 is 34.4 Å². The number of fused-ring (bicyclic) bond motifs is 1. The molecule has 10 heteroatoms. The number of amides is 1. The van der Waals surface area contributed by atoms with E-state index in [2.05, 4.69) is 16.4 Å². The summed E-state index contributed by atoms with van der Waals surface area (Å²) in [4.78, 5) is 44.4. The Kier molecular flexibility index (Phi) is 9.07. The molecule has 0 radical (unpaired) electrons. The molecule has 2 atom stereocenters. The second-order valence-corrected chi connectivity index (χ2v) is 13.1. The van der Waals surface area contributed by atoms with Crippen LogP contribution in [0.2, 0.25) is 0 Å². The van der Waals surface area contributed by atoms with Crippen molar-refractivity contribution in [2.75, 3.05) is 6.54 Å². The lowest BCUT2D eigenvalue weighted by atomic mass is 9.87. The van der Waals surface area contributed by atoms with Crippen LogP contribution in [-0.4, -0.2) is 54.8 Å². The molecule has 1 aliphatic heterocycles. The molecule has 2 unspecified atom stereocenters. The lowest BCUT2D eigenvalue weighted by Crippen LogP contribution is -2.45. The second kappa shape index (κ2) is 12.2. The highest BCUT2D eigenvalue weighted by molar-refractivity contribution is 7.13. The number of aromatic amines is 1. The quantitative estimate of drug-likeness (QED) is 0.356. The summed E-state index contributed by atoms with van der Waals surface area (Å²) in [6.07, 6.45) is 6.67. The van der Waals surface area contributed by atoms with Crippen LogP contribution in [-0.2, 0) is 9.53 Å². The van der Waals surface area contributed by atoms with Gasteiger partial charge >= 0.3 is 17.8 Å². The zero-order valence-corrected chi connectivity index (χ0v) is 25.2. The van der Waals surface area contributed by atoms with Gasteiger partial charge in [-0.2, -0.15) is 0 Å². The lowest BCUT2D eigenvalue weighted by Gasteiger charge is -2.27. The van der Waals surface area contributed by atoms with Gasteiger partial charge in [-0.1, -0.05) is 32.3 Å². The number of rotatable bonds is 4. The zero-order chi connectivity index (χ0) is 29.2. The molecule has 5 rings (SSSR count). The van der Waals surface area contributed by atoms with Crippen molar-refractivity contribution in [3.63, 3.8) is 0 Å². The average molecular weight is 571 g/mol. The molecule has 1 aromatic carbocycles. The van der Waals surface area contributed by atoms with Crippen molar-refractivity contribution in [2.24, 2.45) is 5.92 Å². The molecule has 218 valence electrons. The molecule has 1 saturated carbocycles. The SMILES string of the molecule is CC(C)n1c(=O)[nH]c2c(-c3nc(C4CCCCC4)cs3)cccc21.CC1CCN(C(=O)OC(C)(C)C)C1C(=O)O. The Morgan fingerprint density at radius 3 is 2.48 bits per heavy atom. The molecule has 2 fully saturated rings. The Bertz CT molecular complexity index is 1390. The van der Waals surface area contributed by atoms with Gasteiger partial charge in [0, 0.05) is 29.4 Å². The van der Waals surface area contributed by atoms with Crippen LogP contribution in [0.15, 0.2) is 28.4 Å². The molecule has 2 aliphatic rings. The first-order chi connectivity index (χ1) is 18.9. The number of hydrogen-bond acceptors (Lipinski definition) is 6. The Morgan fingerprint density at radius 1 is 1.15 bits per heavy atom. The summed E-state index contributed by atoms with van der Waals surface area (Å²) >= 11 is 1.69.